The van der Waals surface area contributed by atoms with Crippen LogP contribution in [0.25, 0.3) is 34.1 Å². The molecule has 8 rings (SSSR count). The first-order valence-corrected chi connectivity index (χ1v) is 14.1. The van der Waals surface area contributed by atoms with Crippen LogP contribution in [0.2, 0.25) is 0 Å². The summed E-state index contributed by atoms with van der Waals surface area (Å²) in [5, 5.41) is 8.24. The molecule has 0 spiro atoms. The predicted octanol–water partition coefficient (Wildman–Crippen LogP) is 4.95. The molecule has 0 saturated carbocycles. The highest BCUT2D eigenvalue weighted by Crippen LogP contribution is 2.38. The Morgan fingerprint density at radius 1 is 0.902 bits per heavy atom. The second-order valence-corrected chi connectivity index (χ2v) is 10.9. The molecule has 0 saturated heterocycles. The second-order valence-electron chi connectivity index (χ2n) is 10.9. The van der Waals surface area contributed by atoms with Gasteiger partial charge in [-0.05, 0) is 102 Å². The van der Waals surface area contributed by atoms with Crippen molar-refractivity contribution in [1.29, 1.82) is 0 Å². The van der Waals surface area contributed by atoms with Gasteiger partial charge in [-0.25, -0.2) is 19.6 Å². The van der Waals surface area contributed by atoms with Gasteiger partial charge in [0.1, 0.15) is 11.3 Å². The average molecular weight is 540 g/mol. The maximum Gasteiger partial charge on any atom is 0.167 e. The summed E-state index contributed by atoms with van der Waals surface area (Å²) >= 11 is 0. The van der Waals surface area contributed by atoms with Gasteiger partial charge in [-0.2, -0.15) is 5.10 Å². The molecule has 202 valence electrons. The number of fused-ring (bicyclic) bond motifs is 3. The summed E-state index contributed by atoms with van der Waals surface area (Å²) in [4.78, 5) is 18.6. The Balaban J connectivity index is 1.16. The van der Waals surface area contributed by atoms with E-state index in [0.717, 1.165) is 66.3 Å². The lowest BCUT2D eigenvalue weighted by atomic mass is 10.00. The van der Waals surface area contributed by atoms with Gasteiger partial charge in [-0.3, -0.25) is 9.55 Å². The summed E-state index contributed by atoms with van der Waals surface area (Å²) in [5.41, 5.74) is 15.3. The number of pyridine rings is 3. The van der Waals surface area contributed by atoms with E-state index < -0.39 is 0 Å². The molecule has 2 aliphatic carbocycles. The quantitative estimate of drug-likeness (QED) is 0.308. The Labute approximate surface area is 237 Å². The van der Waals surface area contributed by atoms with Crippen molar-refractivity contribution in [2.45, 2.75) is 37.6 Å². The van der Waals surface area contributed by atoms with E-state index in [1.807, 2.05) is 48.9 Å². The Kier molecular flexibility index (Phi) is 5.63. The van der Waals surface area contributed by atoms with Crippen molar-refractivity contribution in [3.05, 3.63) is 108 Å². The van der Waals surface area contributed by atoms with Gasteiger partial charge in [0.2, 0.25) is 0 Å². The van der Waals surface area contributed by atoms with Gasteiger partial charge in [0.05, 0.1) is 5.56 Å². The molecule has 5 heterocycles. The van der Waals surface area contributed by atoms with Crippen molar-refractivity contribution < 1.29 is 0 Å². The first-order chi connectivity index (χ1) is 20.2. The Bertz CT molecular complexity index is 1890. The molecule has 2 aliphatic rings. The molecular weight excluding hydrogens is 510 g/mol. The minimum Gasteiger partial charge on any atom is -0.383 e. The first-order valence-electron chi connectivity index (χ1n) is 14.1. The lowest BCUT2D eigenvalue weighted by Gasteiger charge is -2.19. The standard InChI is InChI=1S/C32H29N9/c33-30-26(3-1-13-35-30)31-38-28-10-11-29(40-16-2-14-37-40)39-32(28)41(31)23-7-8-24-20(17-23)4-5-22(24)19-36-27-9-6-21-18-34-15-12-25(21)27/h1-3,7-8,10-18,22,27,36H,4-6,9,19H2,(H2,33,35). The number of hydrogen-bond acceptors (Lipinski definition) is 7. The molecule has 9 nitrogen and oxygen atoms in total. The average Bonchev–Trinajstić information content (AvgIpc) is 3.81. The van der Waals surface area contributed by atoms with E-state index in [-0.39, 0.29) is 0 Å². The fourth-order valence-corrected chi connectivity index (χ4v) is 6.49. The normalized spacial score (nSPS) is 17.7. The van der Waals surface area contributed by atoms with Gasteiger partial charge in [0.15, 0.2) is 17.3 Å². The van der Waals surface area contributed by atoms with E-state index in [4.69, 9.17) is 15.7 Å². The number of imidazole rings is 1. The van der Waals surface area contributed by atoms with Crippen molar-refractivity contribution in [2.24, 2.45) is 0 Å². The zero-order valence-electron chi connectivity index (χ0n) is 22.5. The van der Waals surface area contributed by atoms with Crippen molar-refractivity contribution in [3.8, 4) is 22.9 Å². The van der Waals surface area contributed by atoms with Crippen LogP contribution >= 0.6 is 0 Å². The van der Waals surface area contributed by atoms with Crippen LogP contribution in [0.15, 0.2) is 85.6 Å². The molecule has 2 atom stereocenters. The van der Waals surface area contributed by atoms with Crippen LogP contribution < -0.4 is 11.1 Å². The summed E-state index contributed by atoms with van der Waals surface area (Å²) in [5.74, 6) is 2.38. The third kappa shape index (κ3) is 4.08. The van der Waals surface area contributed by atoms with Crippen LogP contribution in [-0.4, -0.2) is 40.8 Å². The molecule has 0 amide bonds. The van der Waals surface area contributed by atoms with E-state index in [2.05, 4.69) is 49.2 Å². The number of aryl methyl sites for hydroxylation is 2. The van der Waals surface area contributed by atoms with Crippen molar-refractivity contribution >= 4 is 17.0 Å². The fraction of sp³-hybridized carbons (Fsp3) is 0.219. The Morgan fingerprint density at radius 2 is 1.85 bits per heavy atom. The molecule has 0 bridgehead atoms. The summed E-state index contributed by atoms with van der Waals surface area (Å²) in [6, 6.07) is 19.0. The van der Waals surface area contributed by atoms with Crippen LogP contribution in [0.4, 0.5) is 5.82 Å². The van der Waals surface area contributed by atoms with Gasteiger partial charge in [-0.1, -0.05) is 6.07 Å². The summed E-state index contributed by atoms with van der Waals surface area (Å²) < 4.78 is 3.86. The molecule has 0 radical (unpaired) electrons. The van der Waals surface area contributed by atoms with E-state index in [1.54, 1.807) is 17.1 Å². The number of benzene rings is 1. The maximum absolute atomic E-state index is 6.34. The highest BCUT2D eigenvalue weighted by Gasteiger charge is 2.27. The molecule has 1 aromatic carbocycles. The molecule has 3 N–H and O–H groups in total. The molecule has 0 aliphatic heterocycles. The van der Waals surface area contributed by atoms with Crippen LogP contribution in [0.5, 0.6) is 0 Å². The highest BCUT2D eigenvalue weighted by atomic mass is 15.3. The third-order valence-corrected chi connectivity index (χ3v) is 8.52. The van der Waals surface area contributed by atoms with Gasteiger partial charge in [0, 0.05) is 49.3 Å². The smallest absolute Gasteiger partial charge is 0.167 e. The van der Waals surface area contributed by atoms with Crippen LogP contribution in [0.3, 0.4) is 0 Å². The molecule has 0 fully saturated rings. The minimum atomic E-state index is 0.413. The number of aromatic nitrogens is 7. The van der Waals surface area contributed by atoms with E-state index in [1.165, 1.54) is 22.3 Å². The molecule has 5 aromatic heterocycles. The largest absolute Gasteiger partial charge is 0.383 e. The molecule has 2 unspecified atom stereocenters. The third-order valence-electron chi connectivity index (χ3n) is 8.52. The maximum atomic E-state index is 6.34. The fourth-order valence-electron chi connectivity index (χ4n) is 6.49. The number of rotatable bonds is 6. The van der Waals surface area contributed by atoms with Gasteiger partial charge < -0.3 is 11.1 Å². The van der Waals surface area contributed by atoms with Crippen LogP contribution in [0, 0.1) is 0 Å². The van der Waals surface area contributed by atoms with E-state index in [0.29, 0.717) is 17.8 Å². The monoisotopic (exact) mass is 539 g/mol. The van der Waals surface area contributed by atoms with Gasteiger partial charge >= 0.3 is 0 Å². The van der Waals surface area contributed by atoms with Crippen LogP contribution in [-0.2, 0) is 12.8 Å². The Morgan fingerprint density at radius 3 is 2.76 bits per heavy atom. The Hall–Kier alpha value is -4.89. The zero-order valence-corrected chi connectivity index (χ0v) is 22.5. The SMILES string of the molecule is Nc1ncccc1-c1nc2ccc(-n3cccn3)nc2n1-c1ccc2c(c1)CCC2CNC1CCc2cnccc21. The van der Waals surface area contributed by atoms with E-state index in [9.17, 15) is 0 Å². The lowest BCUT2D eigenvalue weighted by Crippen LogP contribution is -2.24. The van der Waals surface area contributed by atoms with Gasteiger partial charge in [-0.15, -0.1) is 0 Å². The minimum absolute atomic E-state index is 0.413. The summed E-state index contributed by atoms with van der Waals surface area (Å²) in [6.45, 7) is 0.971. The number of nitrogens with one attached hydrogen (secondary N) is 1. The number of nitrogens with two attached hydrogens (primary N) is 1. The molecule has 6 aromatic rings. The second kappa shape index (κ2) is 9.64. The number of nitrogen functional groups attached to an aromatic ring is 1. The van der Waals surface area contributed by atoms with Gasteiger partial charge in [0.25, 0.3) is 0 Å². The summed E-state index contributed by atoms with van der Waals surface area (Å²) in [6.07, 6.45) is 13.7. The predicted molar refractivity (Wildman–Crippen MR) is 158 cm³/mol. The zero-order chi connectivity index (χ0) is 27.3. The molecular formula is C32H29N9. The number of anilines is 1. The van der Waals surface area contributed by atoms with Crippen LogP contribution in [0.1, 0.15) is 47.1 Å². The number of nitrogens with zero attached hydrogens (tertiary/aromatic N) is 7. The van der Waals surface area contributed by atoms with Crippen molar-refractivity contribution in [2.75, 3.05) is 12.3 Å². The highest BCUT2D eigenvalue weighted by molar-refractivity contribution is 5.83. The summed E-state index contributed by atoms with van der Waals surface area (Å²) in [7, 11) is 0. The molecule has 9 heteroatoms. The van der Waals surface area contributed by atoms with Crippen molar-refractivity contribution in [3.63, 3.8) is 0 Å². The van der Waals surface area contributed by atoms with E-state index >= 15 is 0 Å². The lowest BCUT2D eigenvalue weighted by molar-refractivity contribution is 0.489. The molecule has 41 heavy (non-hydrogen) atoms. The number of hydrogen-bond donors (Lipinski definition) is 2. The topological polar surface area (TPSA) is 112 Å². The van der Waals surface area contributed by atoms with Crippen molar-refractivity contribution in [1.82, 2.24) is 39.6 Å². The first kappa shape index (κ1) is 24.0.